The zero-order valence-corrected chi connectivity index (χ0v) is 14.2. The molecule has 1 N–H and O–H groups in total. The van der Waals surface area contributed by atoms with Gasteiger partial charge in [-0.25, -0.2) is 4.98 Å². The second-order valence-corrected chi connectivity index (χ2v) is 5.58. The number of rotatable bonds is 4. The van der Waals surface area contributed by atoms with Gasteiger partial charge in [-0.3, -0.25) is 4.79 Å². The van der Waals surface area contributed by atoms with Crippen molar-refractivity contribution in [1.29, 1.82) is 0 Å². The molecule has 0 fully saturated rings. The molecule has 0 aliphatic heterocycles. The van der Waals surface area contributed by atoms with Crippen molar-refractivity contribution in [3.05, 3.63) is 52.9 Å². The lowest BCUT2D eigenvalue weighted by Gasteiger charge is -2.13. The molecule has 0 radical (unpaired) electrons. The van der Waals surface area contributed by atoms with Gasteiger partial charge in [-0.1, -0.05) is 11.6 Å². The number of hydrogen-bond donors (Lipinski definition) is 1. The highest BCUT2D eigenvalue weighted by Gasteiger charge is 2.16. The second-order valence-electron chi connectivity index (χ2n) is 5.18. The van der Waals surface area contributed by atoms with Crippen LogP contribution in [0.5, 0.6) is 11.5 Å². The van der Waals surface area contributed by atoms with Crippen LogP contribution in [0, 0.1) is 6.92 Å². The number of nitrogens with zero attached hydrogens (tertiary/aromatic N) is 2. The zero-order chi connectivity index (χ0) is 17.3. The number of amides is 1. The number of halogens is 1. The molecule has 0 spiro atoms. The molecule has 0 unspecified atom stereocenters. The van der Waals surface area contributed by atoms with Crippen LogP contribution in [0.2, 0.25) is 5.02 Å². The first-order chi connectivity index (χ1) is 11.5. The predicted molar refractivity (Wildman–Crippen MR) is 92.4 cm³/mol. The first-order valence-corrected chi connectivity index (χ1v) is 7.58. The van der Waals surface area contributed by atoms with Crippen LogP contribution >= 0.6 is 11.6 Å². The molecule has 2 heterocycles. The fourth-order valence-corrected chi connectivity index (χ4v) is 2.69. The van der Waals surface area contributed by atoms with Gasteiger partial charge in [-0.05, 0) is 19.1 Å². The lowest BCUT2D eigenvalue weighted by molar-refractivity contribution is 0.102. The first-order valence-electron chi connectivity index (χ1n) is 7.20. The number of carbonyl (C=O) groups is 1. The van der Waals surface area contributed by atoms with E-state index in [1.165, 1.54) is 14.2 Å². The smallest absolute Gasteiger partial charge is 0.259 e. The van der Waals surface area contributed by atoms with E-state index in [0.29, 0.717) is 33.4 Å². The van der Waals surface area contributed by atoms with Gasteiger partial charge in [0.1, 0.15) is 17.1 Å². The van der Waals surface area contributed by atoms with E-state index < -0.39 is 0 Å². The predicted octanol–water partition coefficient (Wildman–Crippen LogP) is 3.57. The SMILES string of the molecule is COc1cc(NC(=O)c2cccn3cc(C)nc23)c(OC)cc1Cl. The minimum absolute atomic E-state index is 0.297. The van der Waals surface area contributed by atoms with E-state index >= 15 is 0 Å². The lowest BCUT2D eigenvalue weighted by atomic mass is 10.2. The number of fused-ring (bicyclic) bond motifs is 1. The third-order valence-electron chi connectivity index (χ3n) is 3.57. The summed E-state index contributed by atoms with van der Waals surface area (Å²) < 4.78 is 12.3. The number of ether oxygens (including phenoxy) is 2. The van der Waals surface area contributed by atoms with Gasteiger partial charge in [-0.15, -0.1) is 0 Å². The average Bonchev–Trinajstić information content (AvgIpc) is 2.95. The van der Waals surface area contributed by atoms with Gasteiger partial charge in [0.15, 0.2) is 0 Å². The van der Waals surface area contributed by atoms with Crippen molar-refractivity contribution in [2.75, 3.05) is 19.5 Å². The molecule has 3 aromatic rings. The molecule has 3 rings (SSSR count). The highest BCUT2D eigenvalue weighted by Crippen LogP contribution is 2.36. The number of aryl methyl sites for hydroxylation is 1. The summed E-state index contributed by atoms with van der Waals surface area (Å²) in [4.78, 5) is 17.1. The maximum atomic E-state index is 12.7. The van der Waals surface area contributed by atoms with Crippen molar-refractivity contribution < 1.29 is 14.3 Å². The van der Waals surface area contributed by atoms with Crippen LogP contribution in [0.1, 0.15) is 16.1 Å². The summed E-state index contributed by atoms with van der Waals surface area (Å²) in [6, 6.07) is 6.73. The molecule has 0 saturated heterocycles. The summed E-state index contributed by atoms with van der Waals surface area (Å²) in [5.74, 6) is 0.595. The van der Waals surface area contributed by atoms with Crippen molar-refractivity contribution in [1.82, 2.24) is 9.38 Å². The molecule has 2 aromatic heterocycles. The van der Waals surface area contributed by atoms with Crippen LogP contribution < -0.4 is 14.8 Å². The number of carbonyl (C=O) groups excluding carboxylic acids is 1. The Bertz CT molecular complexity index is 921. The fraction of sp³-hybridized carbons (Fsp3) is 0.176. The number of methoxy groups -OCH3 is 2. The van der Waals surface area contributed by atoms with Gasteiger partial charge in [0.05, 0.1) is 36.2 Å². The molecular formula is C17H16ClN3O3. The van der Waals surface area contributed by atoms with E-state index in [1.807, 2.05) is 23.7 Å². The molecule has 1 amide bonds. The molecule has 24 heavy (non-hydrogen) atoms. The average molecular weight is 346 g/mol. The van der Waals surface area contributed by atoms with Crippen molar-refractivity contribution in [3.63, 3.8) is 0 Å². The molecule has 0 saturated carbocycles. The van der Waals surface area contributed by atoms with E-state index in [4.69, 9.17) is 21.1 Å². The van der Waals surface area contributed by atoms with E-state index in [-0.39, 0.29) is 5.91 Å². The summed E-state index contributed by atoms with van der Waals surface area (Å²) >= 11 is 6.08. The lowest BCUT2D eigenvalue weighted by Crippen LogP contribution is -2.14. The molecule has 6 nitrogen and oxygen atoms in total. The summed E-state index contributed by atoms with van der Waals surface area (Å²) in [6.07, 6.45) is 3.70. The monoisotopic (exact) mass is 345 g/mol. The molecule has 124 valence electrons. The number of aromatic nitrogens is 2. The molecule has 0 atom stereocenters. The Morgan fingerprint density at radius 2 is 2.00 bits per heavy atom. The number of hydrogen-bond acceptors (Lipinski definition) is 4. The number of nitrogens with one attached hydrogen (secondary N) is 1. The molecule has 7 heteroatoms. The number of anilines is 1. The summed E-state index contributed by atoms with van der Waals surface area (Å²) in [6.45, 7) is 1.88. The van der Waals surface area contributed by atoms with Crippen molar-refractivity contribution in [2.45, 2.75) is 6.92 Å². The van der Waals surface area contributed by atoms with Gasteiger partial charge in [0, 0.05) is 24.5 Å². The molecule has 0 bridgehead atoms. The van der Waals surface area contributed by atoms with E-state index in [9.17, 15) is 4.79 Å². The van der Waals surface area contributed by atoms with Gasteiger partial charge in [-0.2, -0.15) is 0 Å². The third-order valence-corrected chi connectivity index (χ3v) is 3.87. The minimum atomic E-state index is -0.297. The topological polar surface area (TPSA) is 64.9 Å². The van der Waals surface area contributed by atoms with Crippen LogP contribution in [-0.2, 0) is 0 Å². The van der Waals surface area contributed by atoms with Crippen LogP contribution in [0.15, 0.2) is 36.7 Å². The summed E-state index contributed by atoms with van der Waals surface area (Å²) in [5, 5.41) is 3.23. The van der Waals surface area contributed by atoms with Crippen LogP contribution in [-0.4, -0.2) is 29.5 Å². The van der Waals surface area contributed by atoms with Gasteiger partial charge >= 0.3 is 0 Å². The van der Waals surface area contributed by atoms with E-state index in [0.717, 1.165) is 5.69 Å². The number of imidazole rings is 1. The molecule has 0 aliphatic carbocycles. The largest absolute Gasteiger partial charge is 0.495 e. The Hall–Kier alpha value is -2.73. The summed E-state index contributed by atoms with van der Waals surface area (Å²) in [7, 11) is 3.01. The van der Waals surface area contributed by atoms with Crippen molar-refractivity contribution >= 4 is 28.8 Å². The maximum absolute atomic E-state index is 12.7. The van der Waals surface area contributed by atoms with Crippen LogP contribution in [0.25, 0.3) is 5.65 Å². The Morgan fingerprint density at radius 3 is 2.71 bits per heavy atom. The van der Waals surface area contributed by atoms with E-state index in [2.05, 4.69) is 10.3 Å². The third kappa shape index (κ3) is 2.88. The minimum Gasteiger partial charge on any atom is -0.495 e. The Morgan fingerprint density at radius 1 is 1.25 bits per heavy atom. The van der Waals surface area contributed by atoms with Gasteiger partial charge in [0.2, 0.25) is 0 Å². The number of pyridine rings is 1. The van der Waals surface area contributed by atoms with Crippen LogP contribution in [0.3, 0.4) is 0 Å². The highest BCUT2D eigenvalue weighted by atomic mass is 35.5. The summed E-state index contributed by atoms with van der Waals surface area (Å²) in [5.41, 5.74) is 2.35. The molecule has 0 aliphatic rings. The zero-order valence-electron chi connectivity index (χ0n) is 13.5. The molecular weight excluding hydrogens is 330 g/mol. The first kappa shape index (κ1) is 16.1. The highest BCUT2D eigenvalue weighted by molar-refractivity contribution is 6.32. The second kappa shape index (κ2) is 6.41. The Balaban J connectivity index is 2.00. The van der Waals surface area contributed by atoms with Crippen molar-refractivity contribution in [2.24, 2.45) is 0 Å². The fourth-order valence-electron chi connectivity index (χ4n) is 2.46. The normalized spacial score (nSPS) is 10.7. The molecule has 1 aromatic carbocycles. The standard InChI is InChI=1S/C17H16ClN3O3/c1-10-9-21-6-4-5-11(16(21)19-10)17(22)20-13-8-14(23-2)12(18)7-15(13)24-3/h4-9H,1-3H3,(H,20,22). The van der Waals surface area contributed by atoms with Crippen molar-refractivity contribution in [3.8, 4) is 11.5 Å². The van der Waals surface area contributed by atoms with E-state index in [1.54, 1.807) is 24.3 Å². The van der Waals surface area contributed by atoms with Gasteiger partial charge < -0.3 is 19.2 Å². The van der Waals surface area contributed by atoms with Crippen LogP contribution in [0.4, 0.5) is 5.69 Å². The Labute approximate surface area is 144 Å². The van der Waals surface area contributed by atoms with Gasteiger partial charge in [0.25, 0.3) is 5.91 Å². The Kier molecular flexibility index (Phi) is 4.31. The maximum Gasteiger partial charge on any atom is 0.259 e. The number of benzene rings is 1. The quantitative estimate of drug-likeness (QED) is 0.785.